The minimum Gasteiger partial charge on any atom is -0.493 e. The Balaban J connectivity index is 1.76. The maximum absolute atomic E-state index is 13.0. The Hall–Kier alpha value is -3.15. The van der Waals surface area contributed by atoms with Crippen LogP contribution in [0.1, 0.15) is 37.7 Å². The molecule has 182 valence electrons. The van der Waals surface area contributed by atoms with Crippen LogP contribution in [0.25, 0.3) is 21.5 Å². The topological polar surface area (TPSA) is 57.2 Å². The summed E-state index contributed by atoms with van der Waals surface area (Å²) in [4.78, 5) is 14.9. The zero-order valence-corrected chi connectivity index (χ0v) is 20.9. The van der Waals surface area contributed by atoms with Gasteiger partial charge in [0.2, 0.25) is 5.91 Å². The number of carbonyl (C=O) groups excluding carboxylic acids is 1. The number of fused-ring (bicyclic) bond motifs is 3. The second kappa shape index (κ2) is 10.4. The predicted octanol–water partition coefficient (Wildman–Crippen LogP) is 5.61. The van der Waals surface area contributed by atoms with Crippen molar-refractivity contribution >= 4 is 27.5 Å². The van der Waals surface area contributed by atoms with Gasteiger partial charge in [-0.05, 0) is 59.2 Å². The van der Waals surface area contributed by atoms with Gasteiger partial charge in [-0.15, -0.1) is 0 Å². The van der Waals surface area contributed by atoms with Crippen LogP contribution in [0.5, 0.6) is 23.0 Å². The quantitative estimate of drug-likeness (QED) is 0.405. The molecule has 0 aliphatic heterocycles. The van der Waals surface area contributed by atoms with E-state index in [1.807, 2.05) is 30.1 Å². The normalized spacial score (nSPS) is 14.3. The lowest BCUT2D eigenvalue weighted by Crippen LogP contribution is -2.35. The molecule has 0 spiro atoms. The van der Waals surface area contributed by atoms with Crippen LogP contribution in [-0.4, -0.2) is 52.8 Å². The summed E-state index contributed by atoms with van der Waals surface area (Å²) in [5, 5.41) is 4.07. The number of ether oxygens (including phenoxy) is 4. The van der Waals surface area contributed by atoms with Crippen LogP contribution < -0.4 is 18.9 Å². The molecule has 34 heavy (non-hydrogen) atoms. The minimum atomic E-state index is 0.173. The van der Waals surface area contributed by atoms with Gasteiger partial charge in [-0.2, -0.15) is 0 Å². The fraction of sp³-hybridized carbons (Fsp3) is 0.464. The van der Waals surface area contributed by atoms with Crippen molar-refractivity contribution in [1.82, 2.24) is 4.90 Å². The standard InChI is InChI=1S/C28H35NO5/c1-29(28(30)18-9-7-6-8-10-18)14-13-20-16-25(33-4)27(34-5)26-21(20)12-11-19-15-23(31-2)24(32-3)17-22(19)26/h11-12,15-18H,6-10,13-14H2,1-5H3. The Bertz CT molecular complexity index is 1180. The van der Waals surface area contributed by atoms with Gasteiger partial charge in [0.15, 0.2) is 23.0 Å². The van der Waals surface area contributed by atoms with Crippen molar-refractivity contribution in [3.63, 3.8) is 0 Å². The third kappa shape index (κ3) is 4.46. The van der Waals surface area contributed by atoms with Gasteiger partial charge in [-0.1, -0.05) is 31.4 Å². The van der Waals surface area contributed by atoms with Crippen molar-refractivity contribution in [2.24, 2.45) is 5.92 Å². The molecule has 0 radical (unpaired) electrons. The van der Waals surface area contributed by atoms with E-state index in [9.17, 15) is 4.79 Å². The highest BCUT2D eigenvalue weighted by molar-refractivity contribution is 6.13. The summed E-state index contributed by atoms with van der Waals surface area (Å²) < 4.78 is 22.6. The fourth-order valence-electron chi connectivity index (χ4n) is 5.21. The van der Waals surface area contributed by atoms with Crippen LogP contribution in [0.4, 0.5) is 0 Å². The highest BCUT2D eigenvalue weighted by atomic mass is 16.5. The van der Waals surface area contributed by atoms with Crippen molar-refractivity contribution in [1.29, 1.82) is 0 Å². The number of methoxy groups -OCH3 is 4. The van der Waals surface area contributed by atoms with E-state index in [1.54, 1.807) is 28.4 Å². The maximum atomic E-state index is 13.0. The molecule has 1 amide bonds. The zero-order chi connectivity index (χ0) is 24.2. The van der Waals surface area contributed by atoms with Gasteiger partial charge >= 0.3 is 0 Å². The van der Waals surface area contributed by atoms with E-state index in [0.29, 0.717) is 29.5 Å². The molecule has 6 nitrogen and oxygen atoms in total. The average Bonchev–Trinajstić information content (AvgIpc) is 2.89. The highest BCUT2D eigenvalue weighted by Gasteiger charge is 2.24. The molecule has 1 aliphatic rings. The van der Waals surface area contributed by atoms with Crippen molar-refractivity contribution in [2.45, 2.75) is 38.5 Å². The Morgan fingerprint density at radius 2 is 1.53 bits per heavy atom. The summed E-state index contributed by atoms with van der Waals surface area (Å²) in [5.41, 5.74) is 1.12. The van der Waals surface area contributed by atoms with Crippen molar-refractivity contribution in [2.75, 3.05) is 42.0 Å². The molecule has 3 aromatic carbocycles. The first-order chi connectivity index (χ1) is 16.5. The molecule has 0 atom stereocenters. The van der Waals surface area contributed by atoms with Crippen molar-refractivity contribution in [3.8, 4) is 23.0 Å². The molecule has 0 aromatic heterocycles. The molecule has 0 saturated heterocycles. The summed E-state index contributed by atoms with van der Waals surface area (Å²) in [6.07, 6.45) is 6.32. The third-order valence-electron chi connectivity index (χ3n) is 7.10. The number of likely N-dealkylation sites (N-methyl/N-ethyl adjacent to an activating group) is 1. The van der Waals surface area contributed by atoms with Gasteiger partial charge in [0, 0.05) is 24.9 Å². The third-order valence-corrected chi connectivity index (χ3v) is 7.10. The maximum Gasteiger partial charge on any atom is 0.225 e. The Labute approximate surface area is 201 Å². The molecule has 4 rings (SSSR count). The van der Waals surface area contributed by atoms with Crippen LogP contribution >= 0.6 is 0 Å². The van der Waals surface area contributed by atoms with Crippen LogP contribution in [0.3, 0.4) is 0 Å². The SMILES string of the molecule is COc1cc2ccc3c(CCN(C)C(=O)C4CCCCC4)cc(OC)c(OC)c3c2cc1OC. The number of rotatable bonds is 8. The molecule has 0 heterocycles. The first kappa shape index (κ1) is 24.0. The number of amides is 1. The van der Waals surface area contributed by atoms with E-state index in [0.717, 1.165) is 59.2 Å². The fourth-order valence-corrected chi connectivity index (χ4v) is 5.21. The van der Waals surface area contributed by atoms with Gasteiger partial charge in [-0.3, -0.25) is 4.79 Å². The van der Waals surface area contributed by atoms with E-state index >= 15 is 0 Å². The molecule has 1 aliphatic carbocycles. The zero-order valence-electron chi connectivity index (χ0n) is 20.9. The predicted molar refractivity (Wildman–Crippen MR) is 136 cm³/mol. The molecular formula is C28H35NO5. The number of carbonyl (C=O) groups is 1. The van der Waals surface area contributed by atoms with Gasteiger partial charge in [0.05, 0.1) is 28.4 Å². The van der Waals surface area contributed by atoms with Gasteiger partial charge in [0.1, 0.15) is 0 Å². The van der Waals surface area contributed by atoms with E-state index in [4.69, 9.17) is 18.9 Å². The monoisotopic (exact) mass is 465 g/mol. The van der Waals surface area contributed by atoms with Crippen molar-refractivity contribution < 1.29 is 23.7 Å². The number of hydrogen-bond acceptors (Lipinski definition) is 5. The average molecular weight is 466 g/mol. The molecule has 0 unspecified atom stereocenters. The Morgan fingerprint density at radius 3 is 2.18 bits per heavy atom. The smallest absolute Gasteiger partial charge is 0.225 e. The molecular weight excluding hydrogens is 430 g/mol. The summed E-state index contributed by atoms with van der Waals surface area (Å²) in [7, 11) is 8.51. The first-order valence-electron chi connectivity index (χ1n) is 12.0. The van der Waals surface area contributed by atoms with Crippen LogP contribution in [0, 0.1) is 5.92 Å². The van der Waals surface area contributed by atoms with Crippen molar-refractivity contribution in [3.05, 3.63) is 35.9 Å². The van der Waals surface area contributed by atoms with E-state index in [2.05, 4.69) is 12.1 Å². The summed E-state index contributed by atoms with van der Waals surface area (Å²) in [6.45, 7) is 0.657. The summed E-state index contributed by atoms with van der Waals surface area (Å²) in [5.74, 6) is 3.14. The lowest BCUT2D eigenvalue weighted by atomic mass is 9.88. The number of hydrogen-bond donors (Lipinski definition) is 0. The van der Waals surface area contributed by atoms with E-state index in [-0.39, 0.29) is 11.8 Å². The Morgan fingerprint density at radius 1 is 0.853 bits per heavy atom. The number of benzene rings is 3. The van der Waals surface area contributed by atoms with E-state index in [1.165, 1.54) is 6.42 Å². The minimum absolute atomic E-state index is 0.173. The molecule has 0 bridgehead atoms. The molecule has 3 aromatic rings. The largest absolute Gasteiger partial charge is 0.493 e. The van der Waals surface area contributed by atoms with Gasteiger partial charge in [0.25, 0.3) is 0 Å². The molecule has 1 fully saturated rings. The van der Waals surface area contributed by atoms with Crippen LogP contribution in [0.2, 0.25) is 0 Å². The van der Waals surface area contributed by atoms with Crippen LogP contribution in [0.15, 0.2) is 30.3 Å². The van der Waals surface area contributed by atoms with Gasteiger partial charge < -0.3 is 23.8 Å². The number of nitrogens with zero attached hydrogens (tertiary/aromatic N) is 1. The second-order valence-corrected chi connectivity index (χ2v) is 9.03. The molecule has 0 N–H and O–H groups in total. The highest BCUT2D eigenvalue weighted by Crippen LogP contribution is 2.44. The van der Waals surface area contributed by atoms with Crippen LogP contribution in [-0.2, 0) is 11.2 Å². The first-order valence-corrected chi connectivity index (χ1v) is 12.0. The molecule has 6 heteroatoms. The van der Waals surface area contributed by atoms with E-state index < -0.39 is 0 Å². The van der Waals surface area contributed by atoms with Gasteiger partial charge in [-0.25, -0.2) is 0 Å². The molecule has 1 saturated carbocycles. The summed E-state index contributed by atoms with van der Waals surface area (Å²) in [6, 6.07) is 10.2. The Kier molecular flexibility index (Phi) is 7.35. The lowest BCUT2D eigenvalue weighted by molar-refractivity contribution is -0.135. The lowest BCUT2D eigenvalue weighted by Gasteiger charge is -2.26. The second-order valence-electron chi connectivity index (χ2n) is 9.03. The summed E-state index contributed by atoms with van der Waals surface area (Å²) >= 11 is 0.